The monoisotopic (exact) mass is 312 g/mol. The molecule has 0 bridgehead atoms. The third kappa shape index (κ3) is 3.41. The highest BCUT2D eigenvalue weighted by Gasteiger charge is 2.14. The van der Waals surface area contributed by atoms with Crippen LogP contribution in [0.5, 0.6) is 0 Å². The zero-order valence-corrected chi connectivity index (χ0v) is 12.2. The molecule has 0 atom stereocenters. The first-order chi connectivity index (χ1) is 9.38. The highest BCUT2D eigenvalue weighted by molar-refractivity contribution is 7.89. The van der Waals surface area contributed by atoms with Crippen molar-refractivity contribution in [1.29, 1.82) is 0 Å². The van der Waals surface area contributed by atoms with Crippen molar-refractivity contribution < 1.29 is 13.2 Å². The Morgan fingerprint density at radius 2 is 1.95 bits per heavy atom. The van der Waals surface area contributed by atoms with Crippen LogP contribution in [-0.4, -0.2) is 19.2 Å². The number of aromatic amines is 1. The number of H-pyrrole nitrogens is 1. The molecule has 2 N–H and O–H groups in total. The standard InChI is InChI=1S/C12H12N2O4S2/c1-8(15)9-2-4-11(5-3-9)20(17,18)13-6-10-7-19-12(16)14-10/h2-5,7,13H,6H2,1H3,(H,14,16). The summed E-state index contributed by atoms with van der Waals surface area (Å²) in [5.74, 6) is -0.127. The Balaban J connectivity index is 2.13. The van der Waals surface area contributed by atoms with Gasteiger partial charge in [-0.15, -0.1) is 0 Å². The topological polar surface area (TPSA) is 96.1 Å². The second kappa shape index (κ2) is 5.70. The first-order valence-electron chi connectivity index (χ1n) is 5.66. The van der Waals surface area contributed by atoms with Crippen molar-refractivity contribution in [3.8, 4) is 0 Å². The number of sulfonamides is 1. The minimum atomic E-state index is -3.67. The van der Waals surface area contributed by atoms with Gasteiger partial charge in [-0.05, 0) is 19.1 Å². The molecule has 0 saturated carbocycles. The van der Waals surface area contributed by atoms with E-state index in [1.54, 1.807) is 5.38 Å². The summed E-state index contributed by atoms with van der Waals surface area (Å²) in [5, 5.41) is 1.56. The van der Waals surface area contributed by atoms with Gasteiger partial charge >= 0.3 is 4.87 Å². The summed E-state index contributed by atoms with van der Waals surface area (Å²) in [4.78, 5) is 24.4. The molecule has 2 aromatic rings. The van der Waals surface area contributed by atoms with Gasteiger partial charge < -0.3 is 4.98 Å². The van der Waals surface area contributed by atoms with Gasteiger partial charge in [0, 0.05) is 16.6 Å². The molecule has 1 aromatic carbocycles. The summed E-state index contributed by atoms with van der Waals surface area (Å²) < 4.78 is 26.4. The summed E-state index contributed by atoms with van der Waals surface area (Å²) in [5.41, 5.74) is 0.954. The smallest absolute Gasteiger partial charge is 0.304 e. The van der Waals surface area contributed by atoms with E-state index < -0.39 is 10.0 Å². The lowest BCUT2D eigenvalue weighted by Crippen LogP contribution is -2.23. The van der Waals surface area contributed by atoms with E-state index in [-0.39, 0.29) is 22.1 Å². The van der Waals surface area contributed by atoms with Gasteiger partial charge in [-0.3, -0.25) is 9.59 Å². The minimum absolute atomic E-state index is 0.00946. The summed E-state index contributed by atoms with van der Waals surface area (Å²) in [7, 11) is -3.67. The van der Waals surface area contributed by atoms with Crippen molar-refractivity contribution in [1.82, 2.24) is 9.71 Å². The molecule has 0 radical (unpaired) electrons. The van der Waals surface area contributed by atoms with Crippen LogP contribution in [-0.2, 0) is 16.6 Å². The van der Waals surface area contributed by atoms with Crippen LogP contribution < -0.4 is 9.60 Å². The fraction of sp³-hybridized carbons (Fsp3) is 0.167. The number of aromatic nitrogens is 1. The van der Waals surface area contributed by atoms with E-state index in [0.717, 1.165) is 11.3 Å². The van der Waals surface area contributed by atoms with E-state index in [1.807, 2.05) is 0 Å². The van der Waals surface area contributed by atoms with Gasteiger partial charge in [0.05, 0.1) is 11.4 Å². The number of ketones is 1. The zero-order valence-electron chi connectivity index (χ0n) is 10.5. The number of carbonyl (C=O) groups is 1. The van der Waals surface area contributed by atoms with E-state index in [9.17, 15) is 18.0 Å². The van der Waals surface area contributed by atoms with Crippen LogP contribution >= 0.6 is 11.3 Å². The number of nitrogens with one attached hydrogen (secondary N) is 2. The molecule has 1 aromatic heterocycles. The number of hydrogen-bond acceptors (Lipinski definition) is 5. The van der Waals surface area contributed by atoms with E-state index in [1.165, 1.54) is 31.2 Å². The largest absolute Gasteiger partial charge is 0.315 e. The first-order valence-corrected chi connectivity index (χ1v) is 8.02. The second-order valence-electron chi connectivity index (χ2n) is 4.08. The zero-order chi connectivity index (χ0) is 14.8. The molecule has 0 amide bonds. The number of benzene rings is 1. The molecule has 20 heavy (non-hydrogen) atoms. The second-order valence-corrected chi connectivity index (χ2v) is 6.69. The van der Waals surface area contributed by atoms with Crippen LogP contribution in [0.4, 0.5) is 0 Å². The Hall–Kier alpha value is -1.77. The first kappa shape index (κ1) is 14.6. The van der Waals surface area contributed by atoms with Crippen molar-refractivity contribution in [2.24, 2.45) is 0 Å². The predicted octanol–water partition coefficient (Wildman–Crippen LogP) is 1.12. The number of thiazole rings is 1. The fourth-order valence-electron chi connectivity index (χ4n) is 1.53. The molecule has 0 fully saturated rings. The van der Waals surface area contributed by atoms with Crippen molar-refractivity contribution >= 4 is 27.1 Å². The summed E-state index contributed by atoms with van der Waals surface area (Å²) in [6, 6.07) is 5.66. The lowest BCUT2D eigenvalue weighted by atomic mass is 10.2. The average Bonchev–Trinajstić information content (AvgIpc) is 2.82. The van der Waals surface area contributed by atoms with Gasteiger partial charge in [0.25, 0.3) is 0 Å². The molecule has 0 aliphatic rings. The van der Waals surface area contributed by atoms with Crippen LogP contribution in [0.15, 0.2) is 39.3 Å². The molecule has 0 unspecified atom stereocenters. The Morgan fingerprint density at radius 3 is 2.45 bits per heavy atom. The maximum absolute atomic E-state index is 12.0. The van der Waals surface area contributed by atoms with Gasteiger partial charge in [-0.2, -0.15) is 0 Å². The highest BCUT2D eigenvalue weighted by atomic mass is 32.2. The summed E-state index contributed by atoms with van der Waals surface area (Å²) in [6.07, 6.45) is 0. The molecule has 0 aliphatic carbocycles. The van der Waals surface area contributed by atoms with E-state index in [0.29, 0.717) is 11.3 Å². The van der Waals surface area contributed by atoms with Gasteiger partial charge in [0.15, 0.2) is 5.78 Å². The Morgan fingerprint density at radius 1 is 1.30 bits per heavy atom. The van der Waals surface area contributed by atoms with Gasteiger partial charge in [0.2, 0.25) is 10.0 Å². The molecule has 0 spiro atoms. The van der Waals surface area contributed by atoms with Crippen LogP contribution in [0.1, 0.15) is 23.0 Å². The normalized spacial score (nSPS) is 11.4. The Kier molecular flexibility index (Phi) is 4.17. The molecule has 0 aliphatic heterocycles. The third-order valence-electron chi connectivity index (χ3n) is 2.59. The summed E-state index contributed by atoms with van der Waals surface area (Å²) >= 11 is 0.973. The minimum Gasteiger partial charge on any atom is -0.315 e. The Bertz CT molecular complexity index is 772. The maximum Gasteiger partial charge on any atom is 0.304 e. The van der Waals surface area contributed by atoms with Gasteiger partial charge in [-0.25, -0.2) is 13.1 Å². The molecular weight excluding hydrogens is 300 g/mol. The van der Waals surface area contributed by atoms with Crippen molar-refractivity contribution in [2.75, 3.05) is 0 Å². The molecular formula is C12H12N2O4S2. The lowest BCUT2D eigenvalue weighted by Gasteiger charge is -2.06. The number of hydrogen-bond donors (Lipinski definition) is 2. The molecule has 6 nitrogen and oxygen atoms in total. The summed E-state index contributed by atoms with van der Waals surface area (Å²) in [6.45, 7) is 1.42. The number of rotatable bonds is 5. The molecule has 8 heteroatoms. The SMILES string of the molecule is CC(=O)c1ccc(S(=O)(=O)NCc2csc(=O)[nH]2)cc1. The van der Waals surface area contributed by atoms with Crippen molar-refractivity contribution in [2.45, 2.75) is 18.4 Å². The van der Waals surface area contributed by atoms with E-state index >= 15 is 0 Å². The van der Waals surface area contributed by atoms with Gasteiger partial charge in [-0.1, -0.05) is 23.5 Å². The van der Waals surface area contributed by atoms with E-state index in [2.05, 4.69) is 9.71 Å². The third-order valence-corrected chi connectivity index (χ3v) is 4.73. The number of Topliss-reactive ketones (excluding diaryl/α,β-unsaturated/α-hetero) is 1. The van der Waals surface area contributed by atoms with E-state index in [4.69, 9.17) is 0 Å². The van der Waals surface area contributed by atoms with Crippen molar-refractivity contribution in [3.05, 3.63) is 50.6 Å². The van der Waals surface area contributed by atoms with Crippen LogP contribution in [0, 0.1) is 0 Å². The average molecular weight is 312 g/mol. The fourth-order valence-corrected chi connectivity index (χ4v) is 3.11. The quantitative estimate of drug-likeness (QED) is 0.809. The maximum atomic E-state index is 12.0. The molecule has 1 heterocycles. The molecule has 106 valence electrons. The highest BCUT2D eigenvalue weighted by Crippen LogP contribution is 2.11. The van der Waals surface area contributed by atoms with Gasteiger partial charge in [0.1, 0.15) is 0 Å². The molecule has 0 saturated heterocycles. The lowest BCUT2D eigenvalue weighted by molar-refractivity contribution is 0.101. The Labute approximate surface area is 119 Å². The molecule has 2 rings (SSSR count). The van der Waals surface area contributed by atoms with Crippen LogP contribution in [0.2, 0.25) is 0 Å². The van der Waals surface area contributed by atoms with Crippen LogP contribution in [0.25, 0.3) is 0 Å². The van der Waals surface area contributed by atoms with Crippen molar-refractivity contribution in [3.63, 3.8) is 0 Å². The number of carbonyl (C=O) groups excluding carboxylic acids is 1. The van der Waals surface area contributed by atoms with Crippen LogP contribution in [0.3, 0.4) is 0 Å². The predicted molar refractivity (Wildman–Crippen MR) is 75.4 cm³/mol.